The number of carbonyl (C=O) groups excluding carboxylic acids is 2. The average molecular weight is 462 g/mol. The Labute approximate surface area is 200 Å². The average Bonchev–Trinajstić information content (AvgIpc) is 2.83. The summed E-state index contributed by atoms with van der Waals surface area (Å²) in [6.07, 6.45) is 1.26. The van der Waals surface area contributed by atoms with Gasteiger partial charge in [-0.05, 0) is 35.9 Å². The number of alkyl carbamates (subject to hydrolysis) is 1. The van der Waals surface area contributed by atoms with Gasteiger partial charge < -0.3 is 14.8 Å². The lowest BCUT2D eigenvalue weighted by atomic mass is 10.0. The lowest BCUT2D eigenvalue weighted by Crippen LogP contribution is -2.47. The zero-order valence-electron chi connectivity index (χ0n) is 19.8. The molecule has 0 heterocycles. The Morgan fingerprint density at radius 2 is 1.68 bits per heavy atom. The standard InChI is InChI=1S/C27H31N3O4/c1-4-33-27(32)29-24(16-20-10-6-5-7-11-20)26(31)30-28-17-21-14-15-25(34-18-19(2)3)23-13-9-8-12-22(21)23/h5-15,17,19,24H,4,16,18H2,1-3H3,(H,29,32)(H,30,31)/b28-17-/t24-/m0/s1. The van der Waals surface area contributed by atoms with E-state index in [0.29, 0.717) is 18.9 Å². The van der Waals surface area contributed by atoms with Crippen molar-refractivity contribution in [2.45, 2.75) is 33.2 Å². The molecule has 0 bridgehead atoms. The van der Waals surface area contributed by atoms with Crippen LogP contribution in [0.25, 0.3) is 10.8 Å². The van der Waals surface area contributed by atoms with Crippen molar-refractivity contribution in [1.82, 2.24) is 10.7 Å². The summed E-state index contributed by atoms with van der Waals surface area (Å²) < 4.78 is 10.9. The van der Waals surface area contributed by atoms with Gasteiger partial charge in [-0.3, -0.25) is 4.79 Å². The Hall–Kier alpha value is -3.87. The highest BCUT2D eigenvalue weighted by Gasteiger charge is 2.21. The van der Waals surface area contributed by atoms with Gasteiger partial charge in [-0.2, -0.15) is 5.10 Å². The van der Waals surface area contributed by atoms with Gasteiger partial charge in [-0.1, -0.05) is 68.4 Å². The number of ether oxygens (including phenoxy) is 2. The number of rotatable bonds is 10. The van der Waals surface area contributed by atoms with Crippen LogP contribution in [0.2, 0.25) is 0 Å². The Balaban J connectivity index is 1.74. The van der Waals surface area contributed by atoms with Crippen LogP contribution in [0, 0.1) is 5.92 Å². The maximum Gasteiger partial charge on any atom is 0.407 e. The van der Waals surface area contributed by atoms with Crippen LogP contribution < -0.4 is 15.5 Å². The molecule has 0 aliphatic rings. The van der Waals surface area contributed by atoms with Gasteiger partial charge in [0.2, 0.25) is 0 Å². The van der Waals surface area contributed by atoms with E-state index in [4.69, 9.17) is 9.47 Å². The van der Waals surface area contributed by atoms with E-state index in [2.05, 4.69) is 29.7 Å². The third-order valence-electron chi connectivity index (χ3n) is 5.03. The van der Waals surface area contributed by atoms with Crippen molar-refractivity contribution in [3.8, 4) is 5.75 Å². The van der Waals surface area contributed by atoms with Gasteiger partial charge in [-0.25, -0.2) is 10.2 Å². The second-order valence-electron chi connectivity index (χ2n) is 8.24. The van der Waals surface area contributed by atoms with Gasteiger partial charge in [-0.15, -0.1) is 0 Å². The first kappa shape index (κ1) is 24.8. The van der Waals surface area contributed by atoms with E-state index in [-0.39, 0.29) is 6.61 Å². The van der Waals surface area contributed by atoms with Crippen LogP contribution in [0.3, 0.4) is 0 Å². The molecule has 3 aromatic carbocycles. The monoisotopic (exact) mass is 461 g/mol. The lowest BCUT2D eigenvalue weighted by Gasteiger charge is -2.17. The SMILES string of the molecule is CCOC(=O)N[C@@H](Cc1ccccc1)C(=O)N/N=C\c1ccc(OCC(C)C)c2ccccc12. The smallest absolute Gasteiger partial charge is 0.407 e. The number of hydrazone groups is 1. The fourth-order valence-corrected chi connectivity index (χ4v) is 3.41. The highest BCUT2D eigenvalue weighted by molar-refractivity contribution is 6.02. The minimum absolute atomic E-state index is 0.216. The minimum Gasteiger partial charge on any atom is -0.493 e. The summed E-state index contributed by atoms with van der Waals surface area (Å²) in [4.78, 5) is 24.8. The first-order valence-corrected chi connectivity index (χ1v) is 11.4. The van der Waals surface area contributed by atoms with Crippen LogP contribution in [-0.4, -0.2) is 37.5 Å². The fraction of sp³-hybridized carbons (Fsp3) is 0.296. The molecule has 0 aliphatic heterocycles. The number of amides is 2. The summed E-state index contributed by atoms with van der Waals surface area (Å²) in [5, 5.41) is 8.71. The van der Waals surface area contributed by atoms with Crippen molar-refractivity contribution in [2.75, 3.05) is 13.2 Å². The summed E-state index contributed by atoms with van der Waals surface area (Å²) in [7, 11) is 0. The van der Waals surface area contributed by atoms with E-state index < -0.39 is 18.0 Å². The number of carbonyl (C=O) groups is 2. The summed E-state index contributed by atoms with van der Waals surface area (Å²) in [6, 6.07) is 20.3. The largest absolute Gasteiger partial charge is 0.493 e. The van der Waals surface area contributed by atoms with E-state index in [0.717, 1.165) is 27.6 Å². The van der Waals surface area contributed by atoms with Gasteiger partial charge >= 0.3 is 6.09 Å². The molecule has 2 amide bonds. The van der Waals surface area contributed by atoms with E-state index in [1.54, 1.807) is 13.1 Å². The number of benzene rings is 3. The lowest BCUT2D eigenvalue weighted by molar-refractivity contribution is -0.123. The molecule has 7 heteroatoms. The number of hydrogen-bond donors (Lipinski definition) is 2. The normalized spacial score (nSPS) is 12.0. The van der Waals surface area contributed by atoms with E-state index in [9.17, 15) is 9.59 Å². The third-order valence-corrected chi connectivity index (χ3v) is 5.03. The quantitative estimate of drug-likeness (QED) is 0.339. The molecule has 7 nitrogen and oxygen atoms in total. The molecule has 178 valence electrons. The first-order chi connectivity index (χ1) is 16.5. The van der Waals surface area contributed by atoms with Gasteiger partial charge in [0.05, 0.1) is 19.4 Å². The highest BCUT2D eigenvalue weighted by atomic mass is 16.5. The van der Waals surface area contributed by atoms with Crippen LogP contribution in [0.5, 0.6) is 5.75 Å². The van der Waals surface area contributed by atoms with Crippen LogP contribution in [-0.2, 0) is 16.0 Å². The van der Waals surface area contributed by atoms with Crippen molar-refractivity contribution in [1.29, 1.82) is 0 Å². The molecule has 3 rings (SSSR count). The van der Waals surface area contributed by atoms with E-state index in [1.807, 2.05) is 66.7 Å². The molecule has 2 N–H and O–H groups in total. The van der Waals surface area contributed by atoms with E-state index in [1.165, 1.54) is 0 Å². The Morgan fingerprint density at radius 1 is 0.971 bits per heavy atom. The second kappa shape index (κ2) is 12.4. The Kier molecular flexibility index (Phi) is 9.03. The van der Waals surface area contributed by atoms with E-state index >= 15 is 0 Å². The molecule has 0 aromatic heterocycles. The molecule has 0 spiro atoms. The molecular weight excluding hydrogens is 430 g/mol. The van der Waals surface area contributed by atoms with Crippen LogP contribution in [0.15, 0.2) is 71.8 Å². The minimum atomic E-state index is -0.831. The predicted molar refractivity (Wildman–Crippen MR) is 134 cm³/mol. The van der Waals surface area contributed by atoms with Crippen molar-refractivity contribution in [3.63, 3.8) is 0 Å². The number of nitrogens with one attached hydrogen (secondary N) is 2. The molecular formula is C27H31N3O4. The predicted octanol–water partition coefficient (Wildman–Crippen LogP) is 4.68. The van der Waals surface area contributed by atoms with Gasteiger partial charge in [0.25, 0.3) is 5.91 Å². The molecule has 0 unspecified atom stereocenters. The first-order valence-electron chi connectivity index (χ1n) is 11.4. The van der Waals surface area contributed by atoms with Gasteiger partial charge in [0.1, 0.15) is 11.8 Å². The highest BCUT2D eigenvalue weighted by Crippen LogP contribution is 2.28. The third kappa shape index (κ3) is 7.07. The summed E-state index contributed by atoms with van der Waals surface area (Å²) in [6.45, 7) is 6.76. The summed E-state index contributed by atoms with van der Waals surface area (Å²) in [5.74, 6) is 0.795. The molecule has 1 atom stereocenters. The topological polar surface area (TPSA) is 89.0 Å². The number of fused-ring (bicyclic) bond motifs is 1. The Morgan fingerprint density at radius 3 is 2.38 bits per heavy atom. The van der Waals surface area contributed by atoms with Crippen LogP contribution in [0.1, 0.15) is 31.9 Å². The maximum atomic E-state index is 12.8. The maximum absolute atomic E-state index is 12.8. The zero-order valence-corrected chi connectivity index (χ0v) is 19.8. The Bertz CT molecular complexity index is 1130. The van der Waals surface area contributed by atoms with Crippen molar-refractivity contribution in [2.24, 2.45) is 11.0 Å². The molecule has 0 radical (unpaired) electrons. The molecule has 34 heavy (non-hydrogen) atoms. The van der Waals surface area contributed by atoms with Gasteiger partial charge in [0, 0.05) is 17.4 Å². The molecule has 0 saturated carbocycles. The van der Waals surface area contributed by atoms with Crippen LogP contribution in [0.4, 0.5) is 4.79 Å². The fourth-order valence-electron chi connectivity index (χ4n) is 3.41. The molecule has 0 fully saturated rings. The molecule has 3 aromatic rings. The van der Waals surface area contributed by atoms with Gasteiger partial charge in [0.15, 0.2) is 0 Å². The van der Waals surface area contributed by atoms with Crippen LogP contribution >= 0.6 is 0 Å². The molecule has 0 aliphatic carbocycles. The zero-order chi connectivity index (χ0) is 24.3. The van der Waals surface area contributed by atoms with Crippen molar-refractivity contribution < 1.29 is 19.1 Å². The van der Waals surface area contributed by atoms with Crippen molar-refractivity contribution >= 4 is 29.0 Å². The second-order valence-corrected chi connectivity index (χ2v) is 8.24. The summed E-state index contributed by atoms with van der Waals surface area (Å²) >= 11 is 0. The van der Waals surface area contributed by atoms with Crippen molar-refractivity contribution in [3.05, 3.63) is 77.9 Å². The number of nitrogens with zero attached hydrogens (tertiary/aromatic N) is 1. The number of hydrogen-bond acceptors (Lipinski definition) is 5. The summed E-state index contributed by atoms with van der Waals surface area (Å²) in [5.41, 5.74) is 4.29. The molecule has 0 saturated heterocycles.